The van der Waals surface area contributed by atoms with Crippen LogP contribution < -0.4 is 5.32 Å². The molecule has 0 saturated carbocycles. The molecule has 3 atom stereocenters. The number of sulfone groups is 1. The van der Waals surface area contributed by atoms with E-state index in [0.717, 1.165) is 5.56 Å². The van der Waals surface area contributed by atoms with Crippen LogP contribution in [0.2, 0.25) is 0 Å². The molecule has 3 heterocycles. The van der Waals surface area contributed by atoms with E-state index in [1.165, 1.54) is 0 Å². The summed E-state index contributed by atoms with van der Waals surface area (Å²) in [5.41, 5.74) is 0.425. The molecule has 2 aliphatic rings. The summed E-state index contributed by atoms with van der Waals surface area (Å²) in [6.07, 6.45) is 1.01. The first-order valence-electron chi connectivity index (χ1n) is 7.19. The number of hydrogen-bond acceptors (Lipinski definition) is 5. The van der Waals surface area contributed by atoms with Gasteiger partial charge in [-0.15, -0.1) is 0 Å². The van der Waals surface area contributed by atoms with Crippen molar-refractivity contribution in [1.82, 2.24) is 10.2 Å². The second-order valence-electron chi connectivity index (χ2n) is 6.06. The average Bonchev–Trinajstić information content (AvgIpc) is 3.11. The maximum atomic E-state index is 12.8. The highest BCUT2D eigenvalue weighted by Crippen LogP contribution is 2.37. The molecule has 1 aromatic heterocycles. The molecule has 1 amide bonds. The first-order chi connectivity index (χ1) is 9.86. The minimum atomic E-state index is -3.01. The summed E-state index contributed by atoms with van der Waals surface area (Å²) in [6.45, 7) is 3.88. The summed E-state index contributed by atoms with van der Waals surface area (Å²) in [4.78, 5) is 14.6. The molecular formula is C14H20N2O3S2. The summed E-state index contributed by atoms with van der Waals surface area (Å²) < 4.78 is 23.5. The number of thiophene rings is 1. The Balaban J connectivity index is 1.96. The van der Waals surface area contributed by atoms with Crippen molar-refractivity contribution >= 4 is 27.1 Å². The lowest BCUT2D eigenvalue weighted by Crippen LogP contribution is -2.45. The molecule has 2 fully saturated rings. The van der Waals surface area contributed by atoms with Gasteiger partial charge in [-0.05, 0) is 42.2 Å². The van der Waals surface area contributed by atoms with Crippen molar-refractivity contribution in [2.45, 2.75) is 44.4 Å². The molecule has 1 N–H and O–H groups in total. The Labute approximate surface area is 129 Å². The molecular weight excluding hydrogens is 308 g/mol. The third kappa shape index (κ3) is 2.51. The van der Waals surface area contributed by atoms with E-state index in [1.807, 2.05) is 30.7 Å². The molecule has 116 valence electrons. The van der Waals surface area contributed by atoms with Gasteiger partial charge in [0.1, 0.15) is 6.17 Å². The predicted molar refractivity (Wildman–Crippen MR) is 82.8 cm³/mol. The van der Waals surface area contributed by atoms with Crippen LogP contribution in [-0.2, 0) is 14.6 Å². The Morgan fingerprint density at radius 3 is 2.81 bits per heavy atom. The van der Waals surface area contributed by atoms with E-state index < -0.39 is 15.4 Å². The summed E-state index contributed by atoms with van der Waals surface area (Å²) >= 11 is 1.58. The third-order valence-corrected chi connectivity index (χ3v) is 7.06. The normalized spacial score (nSPS) is 35.5. The fraction of sp³-hybridized carbons (Fsp3) is 0.643. The zero-order valence-corrected chi connectivity index (χ0v) is 13.8. The van der Waals surface area contributed by atoms with E-state index in [1.54, 1.807) is 16.2 Å². The molecule has 0 aromatic carbocycles. The molecule has 0 spiro atoms. The van der Waals surface area contributed by atoms with Gasteiger partial charge >= 0.3 is 0 Å². The van der Waals surface area contributed by atoms with Gasteiger partial charge in [-0.2, -0.15) is 11.3 Å². The smallest absolute Gasteiger partial charge is 0.244 e. The highest BCUT2D eigenvalue weighted by atomic mass is 32.2. The van der Waals surface area contributed by atoms with Crippen LogP contribution in [0.15, 0.2) is 16.8 Å². The molecule has 0 radical (unpaired) electrons. The van der Waals surface area contributed by atoms with Crippen molar-refractivity contribution in [2.75, 3.05) is 11.5 Å². The number of carbonyl (C=O) groups is 1. The first-order valence-corrected chi connectivity index (χ1v) is 9.96. The van der Waals surface area contributed by atoms with Gasteiger partial charge in [-0.3, -0.25) is 10.1 Å². The van der Waals surface area contributed by atoms with Gasteiger partial charge in [0.25, 0.3) is 0 Å². The van der Waals surface area contributed by atoms with Gasteiger partial charge in [-0.1, -0.05) is 6.92 Å². The van der Waals surface area contributed by atoms with E-state index in [9.17, 15) is 13.2 Å². The molecule has 2 aliphatic heterocycles. The number of nitrogens with one attached hydrogen (secondary N) is 1. The lowest BCUT2D eigenvalue weighted by atomic mass is 9.99. The Morgan fingerprint density at radius 2 is 2.29 bits per heavy atom. The predicted octanol–water partition coefficient (Wildman–Crippen LogP) is 1.53. The molecule has 1 aromatic rings. The fourth-order valence-electron chi connectivity index (χ4n) is 3.13. The molecule has 0 aliphatic carbocycles. The van der Waals surface area contributed by atoms with Crippen LogP contribution in [0.3, 0.4) is 0 Å². The second kappa shape index (κ2) is 5.07. The van der Waals surface area contributed by atoms with E-state index in [2.05, 4.69) is 5.32 Å². The van der Waals surface area contributed by atoms with Gasteiger partial charge in [0.2, 0.25) is 5.91 Å². The van der Waals surface area contributed by atoms with E-state index >= 15 is 0 Å². The average molecular weight is 328 g/mol. The first kappa shape index (κ1) is 15.0. The molecule has 21 heavy (non-hydrogen) atoms. The van der Waals surface area contributed by atoms with Gasteiger partial charge in [0.05, 0.1) is 17.0 Å². The topological polar surface area (TPSA) is 66.5 Å². The van der Waals surface area contributed by atoms with E-state index in [-0.39, 0.29) is 29.6 Å². The van der Waals surface area contributed by atoms with Crippen molar-refractivity contribution in [3.05, 3.63) is 22.4 Å². The van der Waals surface area contributed by atoms with E-state index in [4.69, 9.17) is 0 Å². The molecule has 0 bridgehead atoms. The molecule has 7 heteroatoms. The number of carbonyl (C=O) groups excluding carboxylic acids is 1. The summed E-state index contributed by atoms with van der Waals surface area (Å²) in [6, 6.07) is 1.78. The van der Waals surface area contributed by atoms with Crippen LogP contribution in [0.1, 0.15) is 38.4 Å². The number of amides is 1. The second-order valence-corrected chi connectivity index (χ2v) is 9.07. The zero-order chi connectivity index (χ0) is 15.3. The largest absolute Gasteiger partial charge is 0.317 e. The maximum Gasteiger partial charge on any atom is 0.244 e. The minimum absolute atomic E-state index is 0.0169. The number of nitrogens with zero attached hydrogens (tertiary/aromatic N) is 1. The zero-order valence-electron chi connectivity index (χ0n) is 12.2. The van der Waals surface area contributed by atoms with Crippen LogP contribution in [0, 0.1) is 0 Å². The quantitative estimate of drug-likeness (QED) is 0.914. The van der Waals surface area contributed by atoms with Gasteiger partial charge in [0, 0.05) is 6.04 Å². The van der Waals surface area contributed by atoms with Crippen LogP contribution in [0.4, 0.5) is 0 Å². The van der Waals surface area contributed by atoms with E-state index in [0.29, 0.717) is 12.8 Å². The van der Waals surface area contributed by atoms with Crippen molar-refractivity contribution in [2.24, 2.45) is 0 Å². The Morgan fingerprint density at radius 1 is 1.52 bits per heavy atom. The molecule has 3 rings (SSSR count). The summed E-state index contributed by atoms with van der Waals surface area (Å²) in [7, 11) is -3.01. The van der Waals surface area contributed by atoms with Crippen LogP contribution in [0.25, 0.3) is 0 Å². The van der Waals surface area contributed by atoms with Crippen molar-refractivity contribution in [1.29, 1.82) is 0 Å². The molecule has 3 unspecified atom stereocenters. The lowest BCUT2D eigenvalue weighted by molar-refractivity contribution is -0.134. The van der Waals surface area contributed by atoms with Gasteiger partial charge in [-0.25, -0.2) is 8.42 Å². The Bertz CT molecular complexity index is 641. The lowest BCUT2D eigenvalue weighted by Gasteiger charge is -2.29. The summed E-state index contributed by atoms with van der Waals surface area (Å²) in [5, 5.41) is 7.41. The van der Waals surface area contributed by atoms with Crippen molar-refractivity contribution < 1.29 is 13.2 Å². The van der Waals surface area contributed by atoms with Crippen LogP contribution in [-0.4, -0.2) is 42.3 Å². The summed E-state index contributed by atoms with van der Waals surface area (Å²) in [5.74, 6) is 0.282. The standard InChI is InChI=1S/C14H20N2O3S2/c1-3-14(2)13(17)16(11-5-7-21(18,19)9-11)12(15-14)10-4-6-20-8-10/h4,6,8,11-12,15H,3,5,7,9H2,1-2H3. The Kier molecular flexibility index (Phi) is 3.62. The minimum Gasteiger partial charge on any atom is -0.317 e. The maximum absolute atomic E-state index is 12.8. The van der Waals surface area contributed by atoms with Crippen molar-refractivity contribution in [3.8, 4) is 0 Å². The Hall–Kier alpha value is -0.920. The van der Waals surface area contributed by atoms with Crippen molar-refractivity contribution in [3.63, 3.8) is 0 Å². The fourth-order valence-corrected chi connectivity index (χ4v) is 5.52. The SMILES string of the molecule is CCC1(C)NC(c2ccsc2)N(C2CCS(=O)(=O)C2)C1=O. The molecule has 5 nitrogen and oxygen atoms in total. The molecule has 2 saturated heterocycles. The van der Waals surface area contributed by atoms with Gasteiger partial charge in [0.15, 0.2) is 9.84 Å². The number of hydrogen-bond donors (Lipinski definition) is 1. The monoisotopic (exact) mass is 328 g/mol. The van der Waals surface area contributed by atoms with Crippen LogP contribution in [0.5, 0.6) is 0 Å². The number of rotatable bonds is 3. The van der Waals surface area contributed by atoms with Crippen LogP contribution >= 0.6 is 11.3 Å². The van der Waals surface area contributed by atoms with Gasteiger partial charge < -0.3 is 4.90 Å². The highest BCUT2D eigenvalue weighted by molar-refractivity contribution is 7.91. The highest BCUT2D eigenvalue weighted by Gasteiger charge is 2.51. The third-order valence-electron chi connectivity index (χ3n) is 4.61.